The summed E-state index contributed by atoms with van der Waals surface area (Å²) in [6.45, 7) is 1.47. The average Bonchev–Trinajstić information content (AvgIpc) is 3.38. The van der Waals surface area contributed by atoms with Gasteiger partial charge in [0.05, 0.1) is 12.6 Å². The number of rotatable bonds is 7. The highest BCUT2D eigenvalue weighted by molar-refractivity contribution is 5.95. The first-order valence-electron chi connectivity index (χ1n) is 12.8. The van der Waals surface area contributed by atoms with Gasteiger partial charge >= 0.3 is 0 Å². The molecule has 2 atom stereocenters. The van der Waals surface area contributed by atoms with Crippen LogP contribution >= 0.6 is 0 Å². The Bertz CT molecular complexity index is 1160. The number of para-hydroxylation sites is 1. The van der Waals surface area contributed by atoms with Gasteiger partial charge in [-0.3, -0.25) is 9.59 Å². The molecule has 9 nitrogen and oxygen atoms in total. The lowest BCUT2D eigenvalue weighted by Crippen LogP contribution is -2.41. The molecule has 0 unspecified atom stereocenters. The van der Waals surface area contributed by atoms with Crippen LogP contribution in [-0.4, -0.2) is 53.5 Å². The number of H-pyrrole nitrogens is 1. The number of carbonyl (C=O) groups excluding carboxylic acids is 2. The number of methoxy groups -OCH3 is 1. The number of primary amides is 1. The number of aromatic nitrogens is 3. The number of hydrogen-bond acceptors (Lipinski definition) is 6. The number of fused-ring (bicyclic) bond motifs is 2. The third-order valence-electron chi connectivity index (χ3n) is 7.15. The number of benzene rings is 2. The van der Waals surface area contributed by atoms with Gasteiger partial charge in [-0.1, -0.05) is 37.5 Å². The number of nitrogens with two attached hydrogens (primary N) is 1. The van der Waals surface area contributed by atoms with E-state index in [1.807, 2.05) is 0 Å². The number of ether oxygens (including phenoxy) is 1. The van der Waals surface area contributed by atoms with Gasteiger partial charge in [-0.05, 0) is 61.4 Å². The molecule has 1 aliphatic heterocycles. The van der Waals surface area contributed by atoms with Crippen molar-refractivity contribution in [3.63, 3.8) is 0 Å². The number of nitrogens with zero attached hydrogens (tertiary/aromatic N) is 2. The molecule has 2 aromatic carbocycles. The summed E-state index contributed by atoms with van der Waals surface area (Å²) in [5.74, 6) is 0.548. The lowest BCUT2D eigenvalue weighted by atomic mass is 9.85. The van der Waals surface area contributed by atoms with E-state index in [1.165, 1.54) is 30.5 Å². The quantitative estimate of drug-likeness (QED) is 0.399. The average molecular weight is 493 g/mol. The van der Waals surface area contributed by atoms with Crippen molar-refractivity contribution in [3.8, 4) is 0 Å². The highest BCUT2D eigenvalue weighted by Crippen LogP contribution is 2.30. The van der Waals surface area contributed by atoms with Crippen molar-refractivity contribution in [3.05, 3.63) is 53.6 Å². The zero-order chi connectivity index (χ0) is 25.3. The molecule has 5 rings (SSSR count). The van der Waals surface area contributed by atoms with Crippen molar-refractivity contribution >= 4 is 28.5 Å². The van der Waals surface area contributed by atoms with Crippen molar-refractivity contribution in [2.75, 3.05) is 25.6 Å². The topological polar surface area (TPSA) is 135 Å². The summed E-state index contributed by atoms with van der Waals surface area (Å²) in [4.78, 5) is 23.0. The van der Waals surface area contributed by atoms with E-state index < -0.39 is 5.91 Å². The van der Waals surface area contributed by atoms with Crippen molar-refractivity contribution in [1.29, 1.82) is 0 Å². The van der Waals surface area contributed by atoms with E-state index >= 15 is 0 Å². The number of carbonyl (C=O) groups is 2. The van der Waals surface area contributed by atoms with Gasteiger partial charge in [0.1, 0.15) is 11.0 Å². The van der Waals surface area contributed by atoms with E-state index in [2.05, 4.69) is 50.3 Å². The minimum absolute atomic E-state index is 0.249. The summed E-state index contributed by atoms with van der Waals surface area (Å²) >= 11 is 0. The minimum Gasteiger partial charge on any atom is -0.383 e. The highest BCUT2D eigenvalue weighted by Gasteiger charge is 2.28. The summed E-state index contributed by atoms with van der Waals surface area (Å²) in [5.41, 5.74) is 9.48. The smallest absolute Gasteiger partial charge is 0.248 e. The van der Waals surface area contributed by atoms with E-state index in [0.717, 1.165) is 37.7 Å². The Kier molecular flexibility index (Phi) is 8.89. The number of amides is 2. The maximum absolute atomic E-state index is 12.3. The van der Waals surface area contributed by atoms with Crippen molar-refractivity contribution < 1.29 is 14.3 Å². The van der Waals surface area contributed by atoms with E-state index in [9.17, 15) is 9.59 Å². The Morgan fingerprint density at radius 2 is 1.86 bits per heavy atom. The molecule has 1 aliphatic carbocycles. The molecule has 0 bridgehead atoms. The van der Waals surface area contributed by atoms with E-state index in [0.29, 0.717) is 29.6 Å². The maximum atomic E-state index is 12.3. The molecule has 0 saturated heterocycles. The van der Waals surface area contributed by atoms with Crippen LogP contribution in [0, 0.1) is 11.8 Å². The predicted octanol–water partition coefficient (Wildman–Crippen LogP) is 3.43. The molecule has 2 amide bonds. The maximum Gasteiger partial charge on any atom is 0.248 e. The molecule has 192 valence electrons. The SMILES string of the molecule is COC[C@@H]1Nc2ccccc2C[C@@H]1CCNC(=O)C1CCCCC1.NC(=O)c1ccc2n[nH]nc2c1. The van der Waals surface area contributed by atoms with Crippen LogP contribution < -0.4 is 16.4 Å². The van der Waals surface area contributed by atoms with Gasteiger partial charge in [0, 0.05) is 30.8 Å². The second-order valence-corrected chi connectivity index (χ2v) is 9.63. The molecule has 36 heavy (non-hydrogen) atoms. The first-order chi connectivity index (χ1) is 17.5. The number of anilines is 1. The monoisotopic (exact) mass is 492 g/mol. The van der Waals surface area contributed by atoms with Crippen LogP contribution in [-0.2, 0) is 16.0 Å². The molecule has 9 heteroatoms. The zero-order valence-electron chi connectivity index (χ0n) is 20.8. The van der Waals surface area contributed by atoms with Gasteiger partial charge in [-0.25, -0.2) is 0 Å². The summed E-state index contributed by atoms with van der Waals surface area (Å²) in [6, 6.07) is 13.7. The largest absolute Gasteiger partial charge is 0.383 e. The number of nitrogens with one attached hydrogen (secondary N) is 3. The summed E-state index contributed by atoms with van der Waals surface area (Å²) in [7, 11) is 1.75. The minimum atomic E-state index is -0.458. The second kappa shape index (κ2) is 12.5. The molecule has 0 radical (unpaired) electrons. The van der Waals surface area contributed by atoms with Crippen LogP contribution in [0.1, 0.15) is 54.4 Å². The van der Waals surface area contributed by atoms with Crippen LogP contribution in [0.5, 0.6) is 0 Å². The van der Waals surface area contributed by atoms with Crippen molar-refractivity contribution in [2.45, 2.75) is 51.0 Å². The number of hydrogen-bond donors (Lipinski definition) is 4. The molecular formula is C27H36N6O3. The first kappa shape index (κ1) is 25.6. The van der Waals surface area contributed by atoms with Crippen LogP contribution in [0.4, 0.5) is 5.69 Å². The second-order valence-electron chi connectivity index (χ2n) is 9.63. The van der Waals surface area contributed by atoms with Gasteiger partial charge in [0.15, 0.2) is 0 Å². The van der Waals surface area contributed by atoms with E-state index in [4.69, 9.17) is 10.5 Å². The summed E-state index contributed by atoms with van der Waals surface area (Å²) < 4.78 is 5.40. The lowest BCUT2D eigenvalue weighted by Gasteiger charge is -2.34. The third kappa shape index (κ3) is 6.60. The molecule has 0 spiro atoms. The van der Waals surface area contributed by atoms with Gasteiger partial charge in [0.25, 0.3) is 0 Å². The standard InChI is InChI=1S/C20H30N2O2.C7H6N4O/c1-24-14-19-17(13-16-9-5-6-10-18(16)22-19)11-12-21-20(23)15-7-3-2-4-8-15;8-7(12)4-1-2-5-6(3-4)10-11-9-5/h5-6,9-10,15,17,19,22H,2-4,7-8,11-14H2,1H3,(H,21,23);1-3H,(H2,8,12)(H,9,10,11)/t17-,19-;/m0./s1. The van der Waals surface area contributed by atoms with Gasteiger partial charge in [-0.2, -0.15) is 15.4 Å². The van der Waals surface area contributed by atoms with Crippen LogP contribution in [0.25, 0.3) is 11.0 Å². The van der Waals surface area contributed by atoms with Gasteiger partial charge in [0.2, 0.25) is 11.8 Å². The molecule has 2 heterocycles. The molecule has 3 aromatic rings. The fourth-order valence-electron chi connectivity index (χ4n) is 5.13. The normalized spacial score (nSPS) is 19.5. The van der Waals surface area contributed by atoms with Crippen LogP contribution in [0.2, 0.25) is 0 Å². The Morgan fingerprint density at radius 3 is 2.64 bits per heavy atom. The molecule has 2 aliphatic rings. The van der Waals surface area contributed by atoms with E-state index in [1.54, 1.807) is 25.3 Å². The Hall–Kier alpha value is -3.46. The molecular weight excluding hydrogens is 456 g/mol. The van der Waals surface area contributed by atoms with Crippen LogP contribution in [0.15, 0.2) is 42.5 Å². The van der Waals surface area contributed by atoms with Gasteiger partial charge < -0.3 is 21.1 Å². The van der Waals surface area contributed by atoms with Crippen molar-refractivity contribution in [2.24, 2.45) is 17.6 Å². The Morgan fingerprint density at radius 1 is 1.08 bits per heavy atom. The fraction of sp³-hybridized carbons (Fsp3) is 0.481. The first-order valence-corrected chi connectivity index (χ1v) is 12.8. The summed E-state index contributed by atoms with van der Waals surface area (Å²) in [5, 5.41) is 16.9. The molecule has 1 saturated carbocycles. The Labute approximate surface area is 211 Å². The van der Waals surface area contributed by atoms with Crippen LogP contribution in [0.3, 0.4) is 0 Å². The fourth-order valence-corrected chi connectivity index (χ4v) is 5.13. The lowest BCUT2D eigenvalue weighted by molar-refractivity contribution is -0.125. The molecule has 1 aromatic heterocycles. The Balaban J connectivity index is 0.000000211. The van der Waals surface area contributed by atoms with Crippen molar-refractivity contribution in [1.82, 2.24) is 20.7 Å². The predicted molar refractivity (Wildman–Crippen MR) is 140 cm³/mol. The molecule has 1 fully saturated rings. The van der Waals surface area contributed by atoms with E-state index in [-0.39, 0.29) is 11.8 Å². The molecule has 5 N–H and O–H groups in total. The van der Waals surface area contributed by atoms with Gasteiger partial charge in [-0.15, -0.1) is 0 Å². The third-order valence-corrected chi connectivity index (χ3v) is 7.15. The summed E-state index contributed by atoms with van der Waals surface area (Å²) in [6.07, 6.45) is 7.88. The highest BCUT2D eigenvalue weighted by atomic mass is 16.5. The number of aromatic amines is 1. The zero-order valence-corrected chi connectivity index (χ0v) is 20.8.